The van der Waals surface area contributed by atoms with Crippen LogP contribution in [0.3, 0.4) is 0 Å². The molecule has 3 unspecified atom stereocenters. The number of thioether (sulfide) groups is 1. The summed E-state index contributed by atoms with van der Waals surface area (Å²) in [6, 6.07) is 14.0. The lowest BCUT2D eigenvalue weighted by atomic mass is 10.1. The van der Waals surface area contributed by atoms with Gasteiger partial charge in [0.25, 0.3) is 0 Å². The van der Waals surface area contributed by atoms with E-state index in [1.165, 1.54) is 11.8 Å². The molecule has 1 aromatic heterocycles. The lowest BCUT2D eigenvalue weighted by Gasteiger charge is -2.24. The summed E-state index contributed by atoms with van der Waals surface area (Å²) in [6.07, 6.45) is 4.79. The van der Waals surface area contributed by atoms with Gasteiger partial charge in [0.05, 0.1) is 28.1 Å². The van der Waals surface area contributed by atoms with Gasteiger partial charge in [0.2, 0.25) is 5.95 Å². The van der Waals surface area contributed by atoms with Crippen LogP contribution in [0.25, 0.3) is 15.7 Å². The van der Waals surface area contributed by atoms with Crippen LogP contribution in [0.1, 0.15) is 38.8 Å². The van der Waals surface area contributed by atoms with Gasteiger partial charge in [-0.15, -0.1) is 0 Å². The van der Waals surface area contributed by atoms with Crippen molar-refractivity contribution in [2.75, 3.05) is 36.3 Å². The average molecular weight is 566 g/mol. The van der Waals surface area contributed by atoms with Crippen molar-refractivity contribution < 1.29 is 13.7 Å². The van der Waals surface area contributed by atoms with Crippen LogP contribution >= 0.6 is 11.8 Å². The number of hydrogen-bond acceptors (Lipinski definition) is 8. The molecule has 0 aliphatic carbocycles. The molecule has 10 heteroatoms. The lowest BCUT2D eigenvalue weighted by molar-refractivity contribution is 0.199. The van der Waals surface area contributed by atoms with E-state index in [4.69, 9.17) is 14.5 Å². The molecule has 5 rings (SSSR count). The van der Waals surface area contributed by atoms with Gasteiger partial charge in [0.1, 0.15) is 22.5 Å². The highest BCUT2D eigenvalue weighted by molar-refractivity contribution is 8.11. The Morgan fingerprint density at radius 1 is 1.18 bits per heavy atom. The fourth-order valence-corrected chi connectivity index (χ4v) is 6.57. The Labute approximate surface area is 236 Å². The van der Waals surface area contributed by atoms with Crippen LogP contribution in [0.2, 0.25) is 0 Å². The van der Waals surface area contributed by atoms with Gasteiger partial charge in [-0.25, -0.2) is 14.2 Å². The molecule has 3 aromatic rings. The Morgan fingerprint density at radius 3 is 2.77 bits per heavy atom. The maximum atomic E-state index is 12.9. The monoisotopic (exact) mass is 565 g/mol. The highest BCUT2D eigenvalue weighted by Crippen LogP contribution is 2.38. The van der Waals surface area contributed by atoms with E-state index in [1.807, 2.05) is 56.3 Å². The number of fused-ring (bicyclic) bond motifs is 1. The minimum absolute atomic E-state index is 0.00629. The third-order valence-corrected chi connectivity index (χ3v) is 9.11. The second-order valence-electron chi connectivity index (χ2n) is 9.79. The van der Waals surface area contributed by atoms with Crippen molar-refractivity contribution in [2.24, 2.45) is 0 Å². The molecule has 3 heterocycles. The Balaban J connectivity index is 1.43. The largest absolute Gasteiger partial charge is 0.460 e. The molecule has 39 heavy (non-hydrogen) atoms. The molecule has 8 nitrogen and oxygen atoms in total. The van der Waals surface area contributed by atoms with E-state index in [0.29, 0.717) is 36.7 Å². The molecule has 0 amide bonds. The van der Waals surface area contributed by atoms with E-state index >= 15 is 0 Å². The van der Waals surface area contributed by atoms with Crippen molar-refractivity contribution in [3.63, 3.8) is 0 Å². The standard InChI is InChI=1S/C29H35N5O3S2/c1-19(2)38-28(26-12-15-31-29(33-26)32-21-7-6-14-30-17-21)20(3)37-27-11-10-25(23-8-4-5-9-24(23)27)34-39(35)22-13-16-36-18-22/h4-5,8-12,15,21-22,30,34H,1,6-7,13-14,16-18H2,2-3H3,(H,31,32,33)/b28-20+. The third-order valence-electron chi connectivity index (χ3n) is 6.66. The summed E-state index contributed by atoms with van der Waals surface area (Å²) in [5, 5.41) is 8.75. The number of nitrogens with one attached hydrogen (secondary N) is 3. The SMILES string of the molecule is C=C(C)S/C(=C(\C)Oc1ccc(NS(=O)C2CCOC2)c2ccccc12)c1ccnc(NC2CCCNC2)n1. The first kappa shape index (κ1) is 27.6. The zero-order valence-corrected chi connectivity index (χ0v) is 24.0. The summed E-state index contributed by atoms with van der Waals surface area (Å²) in [6.45, 7) is 11.2. The van der Waals surface area contributed by atoms with Crippen LogP contribution in [0.4, 0.5) is 11.6 Å². The smallest absolute Gasteiger partial charge is 0.223 e. The molecule has 0 saturated carbocycles. The van der Waals surface area contributed by atoms with Gasteiger partial charge in [0.15, 0.2) is 0 Å². The van der Waals surface area contributed by atoms with Crippen LogP contribution in [0.15, 0.2) is 65.9 Å². The summed E-state index contributed by atoms with van der Waals surface area (Å²) < 4.78 is 28.0. The van der Waals surface area contributed by atoms with Crippen molar-refractivity contribution in [2.45, 2.75) is 44.4 Å². The zero-order valence-electron chi connectivity index (χ0n) is 22.4. The summed E-state index contributed by atoms with van der Waals surface area (Å²) in [5.41, 5.74) is 1.59. The van der Waals surface area contributed by atoms with Gasteiger partial charge < -0.3 is 24.8 Å². The van der Waals surface area contributed by atoms with Crippen molar-refractivity contribution in [3.05, 3.63) is 71.6 Å². The molecule has 0 radical (unpaired) electrons. The quantitative estimate of drug-likeness (QED) is 0.270. The highest BCUT2D eigenvalue weighted by Gasteiger charge is 2.23. The fourth-order valence-electron chi connectivity index (χ4n) is 4.73. The first-order chi connectivity index (χ1) is 19.0. The molecular formula is C29H35N5O3S2. The van der Waals surface area contributed by atoms with Crippen LogP contribution in [-0.2, 0) is 15.7 Å². The molecular weight excluding hydrogens is 530 g/mol. The van der Waals surface area contributed by atoms with Crippen LogP contribution < -0.4 is 20.1 Å². The van der Waals surface area contributed by atoms with Crippen molar-refractivity contribution >= 4 is 50.1 Å². The fraction of sp³-hybridized carbons (Fsp3) is 0.379. The van der Waals surface area contributed by atoms with Crippen LogP contribution in [-0.4, -0.2) is 51.8 Å². The zero-order chi connectivity index (χ0) is 27.2. The summed E-state index contributed by atoms with van der Waals surface area (Å²) in [7, 11) is -1.23. The molecule has 3 atom stereocenters. The first-order valence-electron chi connectivity index (χ1n) is 13.3. The van der Waals surface area contributed by atoms with Crippen LogP contribution in [0, 0.1) is 0 Å². The summed E-state index contributed by atoms with van der Waals surface area (Å²) >= 11 is 1.53. The predicted molar refractivity (Wildman–Crippen MR) is 162 cm³/mol. The number of piperidine rings is 1. The van der Waals surface area contributed by atoms with Gasteiger partial charge in [-0.3, -0.25) is 0 Å². The van der Waals surface area contributed by atoms with E-state index in [-0.39, 0.29) is 5.25 Å². The second-order valence-corrected chi connectivity index (χ2v) is 12.6. The van der Waals surface area contributed by atoms with Gasteiger partial charge in [-0.2, -0.15) is 0 Å². The second kappa shape index (κ2) is 13.0. The molecule has 0 bridgehead atoms. The van der Waals surface area contributed by atoms with Crippen molar-refractivity contribution in [1.29, 1.82) is 0 Å². The molecule has 2 aromatic carbocycles. The summed E-state index contributed by atoms with van der Waals surface area (Å²) in [5.74, 6) is 2.03. The van der Waals surface area contributed by atoms with Gasteiger partial charge in [-0.1, -0.05) is 42.6 Å². The number of allylic oxidation sites excluding steroid dienone is 2. The Hall–Kier alpha value is -2.92. The van der Waals surface area contributed by atoms with Crippen molar-refractivity contribution in [1.82, 2.24) is 15.3 Å². The topological polar surface area (TPSA) is 97.4 Å². The number of anilines is 2. The number of rotatable bonds is 10. The number of nitrogens with zero attached hydrogens (tertiary/aromatic N) is 2. The maximum Gasteiger partial charge on any atom is 0.223 e. The molecule has 0 spiro atoms. The van der Waals surface area contributed by atoms with E-state index in [9.17, 15) is 4.21 Å². The van der Waals surface area contributed by atoms with Crippen molar-refractivity contribution in [3.8, 4) is 5.75 Å². The lowest BCUT2D eigenvalue weighted by Crippen LogP contribution is -2.38. The van der Waals surface area contributed by atoms with E-state index in [1.54, 1.807) is 6.20 Å². The van der Waals surface area contributed by atoms with E-state index < -0.39 is 11.0 Å². The molecule has 3 N–H and O–H groups in total. The number of aromatic nitrogens is 2. The predicted octanol–water partition coefficient (Wildman–Crippen LogP) is 5.69. The maximum absolute atomic E-state index is 12.9. The highest BCUT2D eigenvalue weighted by atomic mass is 32.2. The normalized spacial score (nSPS) is 20.8. The Kier molecular flexibility index (Phi) is 9.18. The molecule has 2 fully saturated rings. The summed E-state index contributed by atoms with van der Waals surface area (Å²) in [4.78, 5) is 11.1. The van der Waals surface area contributed by atoms with E-state index in [0.717, 1.165) is 64.3 Å². The molecule has 206 valence electrons. The van der Waals surface area contributed by atoms with Crippen LogP contribution in [0.5, 0.6) is 5.75 Å². The third kappa shape index (κ3) is 7.00. The molecule has 2 aliphatic rings. The van der Waals surface area contributed by atoms with Gasteiger partial charge >= 0.3 is 0 Å². The minimum Gasteiger partial charge on any atom is -0.460 e. The number of benzene rings is 2. The number of ether oxygens (including phenoxy) is 2. The number of hydrogen-bond donors (Lipinski definition) is 3. The molecule has 2 saturated heterocycles. The average Bonchev–Trinajstić information content (AvgIpc) is 3.49. The molecule has 2 aliphatic heterocycles. The Bertz CT molecular complexity index is 1380. The first-order valence-corrected chi connectivity index (χ1v) is 15.3. The van der Waals surface area contributed by atoms with Gasteiger partial charge in [0, 0.05) is 36.2 Å². The van der Waals surface area contributed by atoms with E-state index in [2.05, 4.69) is 26.9 Å². The van der Waals surface area contributed by atoms with Gasteiger partial charge in [-0.05, 0) is 62.8 Å². The minimum atomic E-state index is -1.23. The Morgan fingerprint density at radius 2 is 2.03 bits per heavy atom.